The second kappa shape index (κ2) is 6.14. The van der Waals surface area contributed by atoms with Crippen molar-refractivity contribution in [3.05, 3.63) is 52.8 Å². The Bertz CT molecular complexity index is 555. The van der Waals surface area contributed by atoms with Gasteiger partial charge < -0.3 is 4.57 Å². The van der Waals surface area contributed by atoms with Gasteiger partial charge in [0.15, 0.2) is 0 Å². The molecule has 0 saturated heterocycles. The molecular weight excluding hydrogens is 267 g/mol. The topological polar surface area (TPSA) is 55.9 Å². The highest BCUT2D eigenvalue weighted by atomic mass is 35.5. The van der Waals surface area contributed by atoms with E-state index in [1.54, 1.807) is 12.3 Å². The van der Waals surface area contributed by atoms with Gasteiger partial charge in [-0.1, -0.05) is 17.7 Å². The Balaban J connectivity index is 2.10. The molecule has 1 aromatic carbocycles. The lowest BCUT2D eigenvalue weighted by Gasteiger charge is -2.17. The van der Waals surface area contributed by atoms with Crippen LogP contribution in [-0.4, -0.2) is 9.55 Å². The molecular formula is C13H16ClFN4. The molecule has 1 atom stereocenters. The number of nitrogens with one attached hydrogen (secondary N) is 1. The smallest absolute Gasteiger partial charge is 0.124 e. The van der Waals surface area contributed by atoms with Crippen molar-refractivity contribution < 1.29 is 4.39 Å². The predicted octanol–water partition coefficient (Wildman–Crippen LogP) is 2.35. The highest BCUT2D eigenvalue weighted by Gasteiger charge is 2.14. The van der Waals surface area contributed by atoms with Gasteiger partial charge in [-0.3, -0.25) is 11.3 Å². The van der Waals surface area contributed by atoms with Crippen molar-refractivity contribution >= 4 is 11.6 Å². The Kier molecular flexibility index (Phi) is 4.52. The van der Waals surface area contributed by atoms with Gasteiger partial charge in [0.05, 0.1) is 0 Å². The number of rotatable bonds is 5. The van der Waals surface area contributed by atoms with Gasteiger partial charge in [-0.2, -0.15) is 0 Å². The van der Waals surface area contributed by atoms with Gasteiger partial charge in [0, 0.05) is 36.9 Å². The molecule has 0 aliphatic rings. The monoisotopic (exact) mass is 282 g/mol. The maximum Gasteiger partial charge on any atom is 0.124 e. The van der Waals surface area contributed by atoms with Gasteiger partial charge in [-0.25, -0.2) is 9.37 Å². The Labute approximate surface area is 116 Å². The predicted molar refractivity (Wildman–Crippen MR) is 73.0 cm³/mol. The van der Waals surface area contributed by atoms with Crippen LogP contribution in [0.3, 0.4) is 0 Å². The zero-order valence-electron chi connectivity index (χ0n) is 10.6. The molecule has 0 bridgehead atoms. The summed E-state index contributed by atoms with van der Waals surface area (Å²) in [4.78, 5) is 4.25. The van der Waals surface area contributed by atoms with Crippen LogP contribution in [0.5, 0.6) is 0 Å². The third-order valence-corrected chi connectivity index (χ3v) is 3.44. The van der Waals surface area contributed by atoms with E-state index in [-0.39, 0.29) is 11.9 Å². The third-order valence-electron chi connectivity index (χ3n) is 3.12. The van der Waals surface area contributed by atoms with Crippen molar-refractivity contribution in [1.29, 1.82) is 0 Å². The average molecular weight is 283 g/mol. The summed E-state index contributed by atoms with van der Waals surface area (Å²) in [6, 6.07) is 4.19. The molecule has 1 aromatic heterocycles. The normalized spacial score (nSPS) is 12.6. The van der Waals surface area contributed by atoms with Crippen LogP contribution in [-0.2, 0) is 13.5 Å². The van der Waals surface area contributed by atoms with Crippen molar-refractivity contribution in [2.75, 3.05) is 0 Å². The van der Waals surface area contributed by atoms with E-state index in [0.29, 0.717) is 5.02 Å². The molecule has 2 aromatic rings. The Hall–Kier alpha value is -1.43. The molecule has 4 nitrogen and oxygen atoms in total. The molecule has 0 radical (unpaired) electrons. The van der Waals surface area contributed by atoms with E-state index >= 15 is 0 Å². The van der Waals surface area contributed by atoms with Gasteiger partial charge in [0.2, 0.25) is 0 Å². The number of hydrogen-bond acceptors (Lipinski definition) is 3. The fourth-order valence-electron chi connectivity index (χ4n) is 2.02. The number of halogens is 2. The molecule has 0 aliphatic heterocycles. The molecule has 0 aliphatic carbocycles. The van der Waals surface area contributed by atoms with Crippen LogP contribution in [0.4, 0.5) is 4.39 Å². The zero-order chi connectivity index (χ0) is 13.8. The minimum absolute atomic E-state index is 0.134. The number of hydrazine groups is 1. The number of imidazole rings is 1. The lowest BCUT2D eigenvalue weighted by molar-refractivity contribution is 0.505. The summed E-state index contributed by atoms with van der Waals surface area (Å²) >= 11 is 6.04. The Morgan fingerprint density at radius 2 is 2.32 bits per heavy atom. The number of benzene rings is 1. The van der Waals surface area contributed by atoms with Crippen LogP contribution in [0.15, 0.2) is 30.6 Å². The highest BCUT2D eigenvalue weighted by molar-refractivity contribution is 6.31. The average Bonchev–Trinajstić information content (AvgIpc) is 2.78. The number of nitrogens with zero attached hydrogens (tertiary/aromatic N) is 2. The summed E-state index contributed by atoms with van der Waals surface area (Å²) < 4.78 is 15.0. The second-order valence-electron chi connectivity index (χ2n) is 4.38. The summed E-state index contributed by atoms with van der Waals surface area (Å²) in [5.41, 5.74) is 3.51. The van der Waals surface area contributed by atoms with E-state index < -0.39 is 0 Å². The molecule has 102 valence electrons. The van der Waals surface area contributed by atoms with Crippen LogP contribution in [0, 0.1) is 5.82 Å². The summed E-state index contributed by atoms with van der Waals surface area (Å²) in [6.45, 7) is 0. The lowest BCUT2D eigenvalue weighted by atomic mass is 10.0. The maximum absolute atomic E-state index is 13.0. The van der Waals surface area contributed by atoms with Crippen molar-refractivity contribution in [3.8, 4) is 0 Å². The van der Waals surface area contributed by atoms with E-state index in [2.05, 4.69) is 10.4 Å². The number of nitrogens with two attached hydrogens (primary N) is 1. The van der Waals surface area contributed by atoms with Crippen molar-refractivity contribution in [2.45, 2.75) is 18.9 Å². The van der Waals surface area contributed by atoms with E-state index in [4.69, 9.17) is 17.4 Å². The largest absolute Gasteiger partial charge is 0.338 e. The molecule has 6 heteroatoms. The SMILES string of the molecule is Cn1ccnc1CCC(NN)c1ccc(F)cc1Cl. The molecule has 2 rings (SSSR count). The first-order valence-corrected chi connectivity index (χ1v) is 6.37. The summed E-state index contributed by atoms with van der Waals surface area (Å²) in [7, 11) is 1.94. The number of hydrogen-bond donors (Lipinski definition) is 2. The van der Waals surface area contributed by atoms with Crippen LogP contribution in [0.25, 0.3) is 0 Å². The Morgan fingerprint density at radius 3 is 2.89 bits per heavy atom. The lowest BCUT2D eigenvalue weighted by Crippen LogP contribution is -2.28. The van der Waals surface area contributed by atoms with Crippen LogP contribution >= 0.6 is 11.6 Å². The van der Waals surface area contributed by atoms with Crippen LogP contribution < -0.4 is 11.3 Å². The van der Waals surface area contributed by atoms with Gasteiger partial charge in [0.1, 0.15) is 11.6 Å². The molecule has 3 N–H and O–H groups in total. The van der Waals surface area contributed by atoms with E-state index in [1.807, 2.05) is 17.8 Å². The highest BCUT2D eigenvalue weighted by Crippen LogP contribution is 2.26. The number of aryl methyl sites for hydroxylation is 2. The fourth-order valence-corrected chi connectivity index (χ4v) is 2.32. The first-order chi connectivity index (χ1) is 9.11. The Morgan fingerprint density at radius 1 is 1.53 bits per heavy atom. The maximum atomic E-state index is 13.0. The summed E-state index contributed by atoms with van der Waals surface area (Å²) in [5, 5.41) is 0.378. The number of aromatic nitrogens is 2. The second-order valence-corrected chi connectivity index (χ2v) is 4.79. The van der Waals surface area contributed by atoms with E-state index in [0.717, 1.165) is 24.2 Å². The molecule has 0 amide bonds. The minimum Gasteiger partial charge on any atom is -0.338 e. The molecule has 0 saturated carbocycles. The van der Waals surface area contributed by atoms with E-state index in [9.17, 15) is 4.39 Å². The van der Waals surface area contributed by atoms with Gasteiger partial charge in [-0.15, -0.1) is 0 Å². The minimum atomic E-state index is -0.353. The van der Waals surface area contributed by atoms with Gasteiger partial charge in [0.25, 0.3) is 0 Å². The van der Waals surface area contributed by atoms with Crippen molar-refractivity contribution in [3.63, 3.8) is 0 Å². The summed E-state index contributed by atoms with van der Waals surface area (Å²) in [6.07, 6.45) is 5.13. The third kappa shape index (κ3) is 3.32. The fraction of sp³-hybridized carbons (Fsp3) is 0.308. The van der Waals surface area contributed by atoms with E-state index in [1.165, 1.54) is 12.1 Å². The quantitative estimate of drug-likeness (QED) is 0.654. The standard InChI is InChI=1S/C13H16ClFN4/c1-19-7-6-17-13(19)5-4-12(18-16)10-3-2-9(15)8-11(10)14/h2-3,6-8,12,18H,4-5,16H2,1H3. The van der Waals surface area contributed by atoms with Crippen LogP contribution in [0.2, 0.25) is 5.02 Å². The zero-order valence-corrected chi connectivity index (χ0v) is 11.4. The first-order valence-electron chi connectivity index (χ1n) is 5.99. The van der Waals surface area contributed by atoms with Crippen molar-refractivity contribution in [2.24, 2.45) is 12.9 Å². The van der Waals surface area contributed by atoms with Crippen molar-refractivity contribution in [1.82, 2.24) is 15.0 Å². The molecule has 1 unspecified atom stereocenters. The molecule has 19 heavy (non-hydrogen) atoms. The molecule has 1 heterocycles. The van der Waals surface area contributed by atoms with Gasteiger partial charge >= 0.3 is 0 Å². The summed E-state index contributed by atoms with van der Waals surface area (Å²) in [5.74, 6) is 6.18. The molecule has 0 fully saturated rings. The molecule has 0 spiro atoms. The van der Waals surface area contributed by atoms with Gasteiger partial charge in [-0.05, 0) is 24.1 Å². The van der Waals surface area contributed by atoms with Crippen LogP contribution in [0.1, 0.15) is 23.9 Å². The first kappa shape index (κ1) is 14.0.